The molecule has 1 fully saturated rings. The van der Waals surface area contributed by atoms with E-state index in [2.05, 4.69) is 5.32 Å². The molecular formula is C22H32N2O3. The van der Waals surface area contributed by atoms with Crippen LogP contribution in [0.1, 0.15) is 76.2 Å². The Morgan fingerprint density at radius 2 is 1.52 bits per heavy atom. The van der Waals surface area contributed by atoms with Gasteiger partial charge in [-0.1, -0.05) is 50.7 Å². The molecule has 1 N–H and O–H groups in total. The van der Waals surface area contributed by atoms with E-state index in [-0.39, 0.29) is 17.7 Å². The second kappa shape index (κ2) is 11.5. The molecule has 0 aromatic heterocycles. The van der Waals surface area contributed by atoms with Crippen LogP contribution in [0.4, 0.5) is 5.69 Å². The number of benzene rings is 1. The number of aryl methyl sites for hydroxylation is 1. The summed E-state index contributed by atoms with van der Waals surface area (Å²) < 4.78 is 0. The topological polar surface area (TPSA) is 66.5 Å². The Hall–Kier alpha value is -2.17. The summed E-state index contributed by atoms with van der Waals surface area (Å²) >= 11 is 0. The van der Waals surface area contributed by atoms with Crippen LogP contribution in [0.2, 0.25) is 0 Å². The summed E-state index contributed by atoms with van der Waals surface area (Å²) in [4.78, 5) is 36.3. The number of carbonyl (C=O) groups is 3. The highest BCUT2D eigenvalue weighted by atomic mass is 16.2. The average molecular weight is 373 g/mol. The lowest BCUT2D eigenvalue weighted by Crippen LogP contribution is -2.29. The van der Waals surface area contributed by atoms with E-state index in [0.29, 0.717) is 25.8 Å². The zero-order chi connectivity index (χ0) is 19.5. The molecule has 0 atom stereocenters. The molecular weight excluding hydrogens is 340 g/mol. The van der Waals surface area contributed by atoms with Gasteiger partial charge in [-0.3, -0.25) is 19.3 Å². The van der Waals surface area contributed by atoms with Crippen LogP contribution in [0.15, 0.2) is 24.3 Å². The van der Waals surface area contributed by atoms with Crippen LogP contribution >= 0.6 is 0 Å². The quantitative estimate of drug-likeness (QED) is 0.431. The van der Waals surface area contributed by atoms with Crippen LogP contribution in [-0.2, 0) is 14.4 Å². The molecule has 1 aromatic rings. The van der Waals surface area contributed by atoms with Crippen molar-refractivity contribution in [1.82, 2.24) is 4.90 Å². The number of anilines is 1. The number of likely N-dealkylation sites (tertiary alicyclic amines) is 1. The summed E-state index contributed by atoms with van der Waals surface area (Å²) in [6.45, 7) is 2.61. The third-order valence-corrected chi connectivity index (χ3v) is 4.99. The van der Waals surface area contributed by atoms with Crippen LogP contribution in [-0.4, -0.2) is 29.2 Å². The predicted octanol–water partition coefficient (Wildman–Crippen LogP) is 4.59. The maximum Gasteiger partial charge on any atom is 0.229 e. The molecule has 1 aromatic carbocycles. The maximum atomic E-state index is 11.9. The Labute approximate surface area is 162 Å². The van der Waals surface area contributed by atoms with Crippen LogP contribution < -0.4 is 5.32 Å². The average Bonchev–Trinajstić information content (AvgIpc) is 2.95. The molecule has 1 saturated heterocycles. The van der Waals surface area contributed by atoms with E-state index < -0.39 is 0 Å². The molecule has 1 aliphatic heterocycles. The largest absolute Gasteiger partial charge is 0.326 e. The molecule has 3 amide bonds. The van der Waals surface area contributed by atoms with Crippen molar-refractivity contribution in [2.75, 3.05) is 11.9 Å². The molecule has 148 valence electrons. The van der Waals surface area contributed by atoms with Crippen LogP contribution in [0.5, 0.6) is 0 Å². The molecule has 0 aliphatic carbocycles. The van der Waals surface area contributed by atoms with Crippen molar-refractivity contribution in [1.29, 1.82) is 0 Å². The van der Waals surface area contributed by atoms with Gasteiger partial charge in [-0.25, -0.2) is 0 Å². The fraction of sp³-hybridized carbons (Fsp3) is 0.591. The first kappa shape index (κ1) is 21.1. The minimum Gasteiger partial charge on any atom is -0.326 e. The van der Waals surface area contributed by atoms with Crippen LogP contribution in [0.25, 0.3) is 0 Å². The molecule has 5 nitrogen and oxygen atoms in total. The van der Waals surface area contributed by atoms with Crippen LogP contribution in [0.3, 0.4) is 0 Å². The number of imide groups is 1. The van der Waals surface area contributed by atoms with E-state index in [4.69, 9.17) is 0 Å². The van der Waals surface area contributed by atoms with Gasteiger partial charge in [0.25, 0.3) is 0 Å². The Bertz CT molecular complexity index is 626. The van der Waals surface area contributed by atoms with E-state index in [9.17, 15) is 14.4 Å². The van der Waals surface area contributed by atoms with Gasteiger partial charge in [-0.15, -0.1) is 0 Å². The van der Waals surface area contributed by atoms with Crippen molar-refractivity contribution >= 4 is 23.4 Å². The first-order valence-corrected chi connectivity index (χ1v) is 10.3. The molecule has 0 bridgehead atoms. The summed E-state index contributed by atoms with van der Waals surface area (Å²) in [7, 11) is 0. The Morgan fingerprint density at radius 3 is 2.15 bits per heavy atom. The highest BCUT2D eigenvalue weighted by Gasteiger charge is 2.27. The number of nitrogens with one attached hydrogen (secondary N) is 1. The van der Waals surface area contributed by atoms with Crippen molar-refractivity contribution < 1.29 is 14.4 Å². The van der Waals surface area contributed by atoms with Gasteiger partial charge in [0.05, 0.1) is 0 Å². The third kappa shape index (κ3) is 7.94. The summed E-state index contributed by atoms with van der Waals surface area (Å²) in [5.74, 6) is 0.0736. The van der Waals surface area contributed by atoms with Crippen molar-refractivity contribution in [2.24, 2.45) is 0 Å². The summed E-state index contributed by atoms with van der Waals surface area (Å²) in [6, 6.07) is 7.86. The fourth-order valence-electron chi connectivity index (χ4n) is 3.43. The number of amides is 3. The highest BCUT2D eigenvalue weighted by Crippen LogP contribution is 2.15. The Kier molecular flexibility index (Phi) is 9.02. The van der Waals surface area contributed by atoms with E-state index in [1.54, 1.807) is 0 Å². The van der Waals surface area contributed by atoms with Gasteiger partial charge in [0.15, 0.2) is 0 Å². The summed E-state index contributed by atoms with van der Waals surface area (Å²) in [6.07, 6.45) is 10.0. The number of hydrogen-bond donors (Lipinski definition) is 1. The Balaban J connectivity index is 1.41. The second-order valence-corrected chi connectivity index (χ2v) is 7.44. The normalized spacial score (nSPS) is 14.0. The number of rotatable bonds is 12. The van der Waals surface area contributed by atoms with Gasteiger partial charge in [0.2, 0.25) is 17.7 Å². The van der Waals surface area contributed by atoms with Gasteiger partial charge >= 0.3 is 0 Å². The van der Waals surface area contributed by atoms with Gasteiger partial charge in [-0.05, 0) is 37.5 Å². The lowest BCUT2D eigenvalue weighted by molar-refractivity contribution is -0.138. The molecule has 1 heterocycles. The molecule has 5 heteroatoms. The van der Waals surface area contributed by atoms with E-state index in [0.717, 1.165) is 49.8 Å². The van der Waals surface area contributed by atoms with Crippen molar-refractivity contribution in [2.45, 2.75) is 77.6 Å². The SMILES string of the molecule is Cc1cccc(NC(=O)CCCCCCCCCCN2C(=O)CCC2=O)c1. The first-order chi connectivity index (χ1) is 13.1. The lowest BCUT2D eigenvalue weighted by atomic mass is 10.1. The minimum atomic E-state index is -0.00793. The molecule has 27 heavy (non-hydrogen) atoms. The minimum absolute atomic E-state index is 0.00793. The number of hydrogen-bond acceptors (Lipinski definition) is 3. The summed E-state index contributed by atoms with van der Waals surface area (Å²) in [5.41, 5.74) is 2.02. The van der Waals surface area contributed by atoms with Crippen molar-refractivity contribution in [3.05, 3.63) is 29.8 Å². The summed E-state index contributed by atoms with van der Waals surface area (Å²) in [5, 5.41) is 2.95. The fourth-order valence-corrected chi connectivity index (χ4v) is 3.43. The second-order valence-electron chi connectivity index (χ2n) is 7.44. The van der Waals surface area contributed by atoms with Gasteiger partial charge < -0.3 is 5.32 Å². The smallest absolute Gasteiger partial charge is 0.229 e. The monoisotopic (exact) mass is 372 g/mol. The predicted molar refractivity (Wildman–Crippen MR) is 107 cm³/mol. The van der Waals surface area contributed by atoms with Crippen molar-refractivity contribution in [3.63, 3.8) is 0 Å². The van der Waals surface area contributed by atoms with Crippen molar-refractivity contribution in [3.8, 4) is 0 Å². The number of nitrogens with zero attached hydrogens (tertiary/aromatic N) is 1. The van der Waals surface area contributed by atoms with Gasteiger partial charge in [-0.2, -0.15) is 0 Å². The molecule has 1 aliphatic rings. The lowest BCUT2D eigenvalue weighted by Gasteiger charge is -2.13. The Morgan fingerprint density at radius 1 is 0.926 bits per heavy atom. The van der Waals surface area contributed by atoms with Gasteiger partial charge in [0.1, 0.15) is 0 Å². The number of carbonyl (C=O) groups excluding carboxylic acids is 3. The van der Waals surface area contributed by atoms with E-state index in [1.807, 2.05) is 31.2 Å². The van der Waals surface area contributed by atoms with E-state index >= 15 is 0 Å². The first-order valence-electron chi connectivity index (χ1n) is 10.3. The molecule has 0 unspecified atom stereocenters. The maximum absolute atomic E-state index is 11.9. The zero-order valence-electron chi connectivity index (χ0n) is 16.5. The standard InChI is InChI=1S/C22H32N2O3/c1-18-11-10-12-19(17-18)23-20(25)13-8-6-4-2-3-5-7-9-16-24-21(26)14-15-22(24)27/h10-12,17H,2-9,13-16H2,1H3,(H,23,25). The zero-order valence-corrected chi connectivity index (χ0v) is 16.5. The van der Waals surface area contributed by atoms with Gasteiger partial charge in [0, 0.05) is 31.5 Å². The molecule has 0 radical (unpaired) electrons. The van der Waals surface area contributed by atoms with Crippen LogP contribution in [0, 0.1) is 6.92 Å². The molecule has 0 spiro atoms. The highest BCUT2D eigenvalue weighted by molar-refractivity contribution is 6.01. The number of unbranched alkanes of at least 4 members (excludes halogenated alkanes) is 7. The molecule has 2 rings (SSSR count). The third-order valence-electron chi connectivity index (χ3n) is 4.99. The molecule has 0 saturated carbocycles. The van der Waals surface area contributed by atoms with E-state index in [1.165, 1.54) is 17.7 Å².